The van der Waals surface area contributed by atoms with Crippen LogP contribution in [0.15, 0.2) is 39.9 Å². The van der Waals surface area contributed by atoms with Crippen LogP contribution in [0.1, 0.15) is 39.2 Å². The van der Waals surface area contributed by atoms with Gasteiger partial charge in [-0.3, -0.25) is 4.99 Å². The second-order valence-corrected chi connectivity index (χ2v) is 8.51. The van der Waals surface area contributed by atoms with E-state index in [1.165, 1.54) is 10.5 Å². The normalized spacial score (nSPS) is 23.8. The minimum Gasteiger partial charge on any atom is -0.464 e. The van der Waals surface area contributed by atoms with Crippen LogP contribution in [0, 0.1) is 12.3 Å². The van der Waals surface area contributed by atoms with E-state index in [1.54, 1.807) is 11.8 Å². The third kappa shape index (κ3) is 4.27. The lowest BCUT2D eigenvalue weighted by molar-refractivity contribution is -0.144. The molecule has 0 saturated carbocycles. The number of aliphatic imine (C=N–C) groups is 1. The highest BCUT2D eigenvalue weighted by molar-refractivity contribution is 8.04. The number of esters is 1. The van der Waals surface area contributed by atoms with Crippen molar-refractivity contribution in [3.8, 4) is 0 Å². The Morgan fingerprint density at radius 3 is 2.72 bits per heavy atom. The molecule has 1 atom stereocenters. The van der Waals surface area contributed by atoms with E-state index < -0.39 is 0 Å². The molecule has 0 amide bonds. The molecule has 1 aromatic carbocycles. The van der Waals surface area contributed by atoms with E-state index in [4.69, 9.17) is 9.73 Å². The number of allylic oxidation sites excluding steroid dienone is 2. The van der Waals surface area contributed by atoms with Crippen LogP contribution in [-0.4, -0.2) is 30.1 Å². The zero-order valence-corrected chi connectivity index (χ0v) is 16.2. The number of ether oxygens (including phenoxy) is 1. The summed E-state index contributed by atoms with van der Waals surface area (Å²) in [5.74, 6) is 0.521. The number of aryl methyl sites for hydroxylation is 1. The van der Waals surface area contributed by atoms with Crippen molar-refractivity contribution >= 4 is 29.1 Å². The molecule has 0 spiro atoms. The molecular formula is C20H26N2O2S. The average molecular weight is 359 g/mol. The number of hydrogen-bond donors (Lipinski definition) is 1. The van der Waals surface area contributed by atoms with Gasteiger partial charge in [0.1, 0.15) is 6.04 Å². The average Bonchev–Trinajstić information content (AvgIpc) is 2.55. The number of rotatable bonds is 3. The summed E-state index contributed by atoms with van der Waals surface area (Å²) in [7, 11) is 0. The molecule has 0 radical (unpaired) electrons. The summed E-state index contributed by atoms with van der Waals surface area (Å²) in [5, 5.41) is 3.42. The highest BCUT2D eigenvalue weighted by Gasteiger charge is 2.37. The molecule has 0 fully saturated rings. The molecule has 0 unspecified atom stereocenters. The van der Waals surface area contributed by atoms with Crippen molar-refractivity contribution in [2.24, 2.45) is 10.4 Å². The van der Waals surface area contributed by atoms with E-state index in [0.29, 0.717) is 12.4 Å². The van der Waals surface area contributed by atoms with Gasteiger partial charge in [0.15, 0.2) is 0 Å². The predicted octanol–water partition coefficient (Wildman–Crippen LogP) is 4.37. The molecular weight excluding hydrogens is 332 g/mol. The Balaban J connectivity index is 1.90. The molecule has 1 aliphatic heterocycles. The molecule has 0 bridgehead atoms. The first-order valence-corrected chi connectivity index (χ1v) is 9.80. The molecule has 4 nitrogen and oxygen atoms in total. The second kappa shape index (κ2) is 7.24. The third-order valence-electron chi connectivity index (χ3n) is 4.45. The Morgan fingerprint density at radius 2 is 2.04 bits per heavy atom. The van der Waals surface area contributed by atoms with E-state index >= 15 is 0 Å². The number of nitrogens with one attached hydrogen (secondary N) is 1. The maximum atomic E-state index is 12.1. The molecule has 0 saturated heterocycles. The summed E-state index contributed by atoms with van der Waals surface area (Å²) in [6.07, 6.45) is 1.87. The Hall–Kier alpha value is -1.75. The van der Waals surface area contributed by atoms with Gasteiger partial charge in [0, 0.05) is 16.4 Å². The van der Waals surface area contributed by atoms with Crippen molar-refractivity contribution < 1.29 is 9.53 Å². The van der Waals surface area contributed by atoms with Gasteiger partial charge in [-0.15, -0.1) is 11.8 Å². The van der Waals surface area contributed by atoms with Gasteiger partial charge < -0.3 is 10.1 Å². The molecule has 3 rings (SSSR count). The molecule has 134 valence electrons. The van der Waals surface area contributed by atoms with Gasteiger partial charge in [0.25, 0.3) is 0 Å². The topological polar surface area (TPSA) is 50.7 Å². The molecule has 25 heavy (non-hydrogen) atoms. The van der Waals surface area contributed by atoms with Crippen molar-refractivity contribution in [2.75, 3.05) is 12.4 Å². The van der Waals surface area contributed by atoms with Crippen molar-refractivity contribution in [3.05, 3.63) is 40.4 Å². The summed E-state index contributed by atoms with van der Waals surface area (Å²) >= 11 is 1.73. The molecule has 2 aliphatic rings. The largest absolute Gasteiger partial charge is 0.464 e. The highest BCUT2D eigenvalue weighted by atomic mass is 32.2. The van der Waals surface area contributed by atoms with Crippen LogP contribution in [0.2, 0.25) is 0 Å². The zero-order valence-electron chi connectivity index (χ0n) is 15.4. The number of carbonyl (C=O) groups excluding carboxylic acids is 1. The first-order chi connectivity index (χ1) is 11.9. The van der Waals surface area contributed by atoms with Crippen LogP contribution in [0.4, 0.5) is 5.69 Å². The molecule has 1 N–H and O–H groups in total. The molecule has 1 aliphatic carbocycles. The van der Waals surface area contributed by atoms with E-state index in [9.17, 15) is 4.79 Å². The molecule has 5 heteroatoms. The minimum atomic E-state index is -0.266. The number of carbonyl (C=O) groups is 1. The predicted molar refractivity (Wildman–Crippen MR) is 104 cm³/mol. The molecule has 1 heterocycles. The van der Waals surface area contributed by atoms with Crippen molar-refractivity contribution in [3.63, 3.8) is 0 Å². The first-order valence-electron chi connectivity index (χ1n) is 8.82. The number of nitrogens with zero attached hydrogens (tertiary/aromatic N) is 1. The number of thioether (sulfide) groups is 1. The summed E-state index contributed by atoms with van der Waals surface area (Å²) in [4.78, 5) is 18.2. The van der Waals surface area contributed by atoms with Crippen molar-refractivity contribution in [2.45, 2.75) is 46.6 Å². The fourth-order valence-electron chi connectivity index (χ4n) is 3.27. The standard InChI is InChI=1S/C20H26N2O2S/c1-5-24-19(23)17-12-25-18-15(10-20(3,4)11-16(18)22-17)21-14-8-6-13(2)7-9-14/h6-9,17,22H,5,10-12H2,1-4H3/b21-15+/t17-/m0/s1. The van der Waals surface area contributed by atoms with Crippen molar-refractivity contribution in [1.82, 2.24) is 5.32 Å². The fourth-order valence-corrected chi connectivity index (χ4v) is 4.41. The zero-order chi connectivity index (χ0) is 18.0. The van der Waals surface area contributed by atoms with E-state index in [1.807, 2.05) is 6.92 Å². The maximum absolute atomic E-state index is 12.1. The smallest absolute Gasteiger partial charge is 0.329 e. The van der Waals surface area contributed by atoms with Crippen LogP contribution >= 0.6 is 11.8 Å². The number of benzene rings is 1. The van der Waals surface area contributed by atoms with Gasteiger partial charge in [-0.2, -0.15) is 0 Å². The van der Waals surface area contributed by atoms with Gasteiger partial charge in [-0.05, 0) is 44.2 Å². The fraction of sp³-hybridized carbons (Fsp3) is 0.500. The van der Waals surface area contributed by atoms with Gasteiger partial charge in [0.2, 0.25) is 0 Å². The van der Waals surface area contributed by atoms with Crippen molar-refractivity contribution in [1.29, 1.82) is 0 Å². The van der Waals surface area contributed by atoms with Crippen LogP contribution in [0.3, 0.4) is 0 Å². The van der Waals surface area contributed by atoms with Gasteiger partial charge in [0.05, 0.1) is 18.0 Å². The lowest BCUT2D eigenvalue weighted by Gasteiger charge is -2.38. The van der Waals surface area contributed by atoms with E-state index in [-0.39, 0.29) is 17.4 Å². The summed E-state index contributed by atoms with van der Waals surface area (Å²) in [6, 6.07) is 8.04. The Labute approximate surface area is 154 Å². The molecule has 0 aromatic heterocycles. The quantitative estimate of drug-likeness (QED) is 0.815. The summed E-state index contributed by atoms with van der Waals surface area (Å²) in [5.41, 5.74) is 4.59. The SMILES string of the molecule is CCOC(=O)[C@@H]1CSC2=C(CC(C)(C)C/C2=N\c2ccc(C)cc2)N1. The Kier molecular flexibility index (Phi) is 5.23. The first kappa shape index (κ1) is 18.1. The van der Waals surface area contributed by atoms with Gasteiger partial charge >= 0.3 is 5.97 Å². The van der Waals surface area contributed by atoms with E-state index in [2.05, 4.69) is 50.4 Å². The van der Waals surface area contributed by atoms with E-state index in [0.717, 1.165) is 29.9 Å². The van der Waals surface area contributed by atoms with Crippen LogP contribution in [0.25, 0.3) is 0 Å². The van der Waals surface area contributed by atoms with Gasteiger partial charge in [-0.25, -0.2) is 4.79 Å². The van der Waals surface area contributed by atoms with Crippen LogP contribution in [-0.2, 0) is 9.53 Å². The monoisotopic (exact) mass is 358 g/mol. The highest BCUT2D eigenvalue weighted by Crippen LogP contribution is 2.43. The Bertz CT molecular complexity index is 720. The van der Waals surface area contributed by atoms with Gasteiger partial charge in [-0.1, -0.05) is 31.5 Å². The van der Waals surface area contributed by atoms with Crippen LogP contribution < -0.4 is 5.32 Å². The van der Waals surface area contributed by atoms with Crippen LogP contribution in [0.5, 0.6) is 0 Å². The lowest BCUT2D eigenvalue weighted by Crippen LogP contribution is -2.45. The minimum absolute atomic E-state index is 0.118. The number of hydrogen-bond acceptors (Lipinski definition) is 5. The Morgan fingerprint density at radius 1 is 1.32 bits per heavy atom. The second-order valence-electron chi connectivity index (χ2n) is 7.48. The maximum Gasteiger partial charge on any atom is 0.329 e. The lowest BCUT2D eigenvalue weighted by atomic mass is 9.78. The third-order valence-corrected chi connectivity index (χ3v) is 5.72. The summed E-state index contributed by atoms with van der Waals surface area (Å²) < 4.78 is 5.18. The summed E-state index contributed by atoms with van der Waals surface area (Å²) in [6.45, 7) is 8.84. The molecule has 1 aromatic rings.